The van der Waals surface area contributed by atoms with Crippen molar-refractivity contribution < 1.29 is 42.8 Å². The number of carbonyl (C=O) groups is 3. The van der Waals surface area contributed by atoms with Crippen LogP contribution in [-0.4, -0.2) is 80.7 Å². The lowest BCUT2D eigenvalue weighted by Gasteiger charge is -2.42. The summed E-state index contributed by atoms with van der Waals surface area (Å²) < 4.78 is 37.1. The molecule has 0 spiro atoms. The predicted molar refractivity (Wildman–Crippen MR) is 258 cm³/mol. The zero-order chi connectivity index (χ0) is 46.4. The number of nitrogens with two attached hydrogens (primary N) is 1. The van der Waals surface area contributed by atoms with Crippen molar-refractivity contribution in [3.63, 3.8) is 0 Å². The Bertz CT molecular complexity index is 2620. The molecule has 9 rings (SSSR count). The van der Waals surface area contributed by atoms with Gasteiger partial charge in [0.2, 0.25) is 5.91 Å². The number of nitrogen functional groups attached to an aromatic ring is 1. The van der Waals surface area contributed by atoms with Gasteiger partial charge in [-0.2, -0.15) is 0 Å². The van der Waals surface area contributed by atoms with Crippen LogP contribution in [0.4, 0.5) is 21.9 Å². The van der Waals surface area contributed by atoms with Crippen LogP contribution in [-0.2, 0) is 38.6 Å². The highest BCUT2D eigenvalue weighted by Gasteiger charge is 2.47. The van der Waals surface area contributed by atoms with E-state index in [1.807, 2.05) is 71.6 Å². The van der Waals surface area contributed by atoms with Crippen molar-refractivity contribution in [3.8, 4) is 17.2 Å². The van der Waals surface area contributed by atoms with Gasteiger partial charge in [-0.3, -0.25) is 9.59 Å². The molecule has 14 heteroatoms. The van der Waals surface area contributed by atoms with Crippen LogP contribution in [0.2, 0.25) is 0 Å². The Morgan fingerprint density at radius 1 is 0.851 bits per heavy atom. The molecule has 0 saturated carbocycles. The van der Waals surface area contributed by atoms with E-state index in [1.165, 1.54) is 18.1 Å². The Morgan fingerprint density at radius 2 is 1.61 bits per heavy atom. The molecule has 5 aromatic rings. The molecule has 0 radical (unpaired) electrons. The zero-order valence-corrected chi connectivity index (χ0v) is 38.6. The lowest BCUT2D eigenvalue weighted by molar-refractivity contribution is -0.198. The Balaban J connectivity index is 0.977. The van der Waals surface area contributed by atoms with E-state index in [-0.39, 0.29) is 48.6 Å². The predicted octanol–water partition coefficient (Wildman–Crippen LogP) is 9.90. The Labute approximate surface area is 396 Å². The molecule has 4 aliphatic rings. The van der Waals surface area contributed by atoms with Crippen LogP contribution in [0.5, 0.6) is 17.2 Å². The number of piperidine rings is 1. The number of anilines is 3. The molecule has 2 N–H and O–H groups in total. The second-order valence-electron chi connectivity index (χ2n) is 17.5. The van der Waals surface area contributed by atoms with Crippen molar-refractivity contribution in [1.82, 2.24) is 4.90 Å². The highest BCUT2D eigenvalue weighted by molar-refractivity contribution is 6.18. The number of carbonyl (C=O) groups excluding carboxylic acids is 3. The molecule has 4 aliphatic heterocycles. The quantitative estimate of drug-likeness (QED) is 0.0613. The fraction of sp³-hybridized carbons (Fsp3) is 0.377. The molecule has 2 unspecified atom stereocenters. The molecule has 0 aliphatic carbocycles. The minimum atomic E-state index is -0.887. The first kappa shape index (κ1) is 45.9. The zero-order valence-electron chi connectivity index (χ0n) is 37.8. The fourth-order valence-corrected chi connectivity index (χ4v) is 10.1. The summed E-state index contributed by atoms with van der Waals surface area (Å²) in [4.78, 5) is 48.2. The average Bonchev–Trinajstić information content (AvgIpc) is 3.69. The van der Waals surface area contributed by atoms with Crippen molar-refractivity contribution >= 4 is 57.3 Å². The number of ether oxygens (including phenoxy) is 6. The van der Waals surface area contributed by atoms with Gasteiger partial charge in [0.1, 0.15) is 25.6 Å². The van der Waals surface area contributed by atoms with Crippen molar-refractivity contribution in [2.24, 2.45) is 0 Å². The lowest BCUT2D eigenvalue weighted by Crippen LogP contribution is -2.57. The third-order valence-corrected chi connectivity index (χ3v) is 13.3. The molecule has 0 bridgehead atoms. The van der Waals surface area contributed by atoms with E-state index in [2.05, 4.69) is 18.7 Å². The maximum absolute atomic E-state index is 14.5. The van der Waals surface area contributed by atoms with Gasteiger partial charge in [-0.25, -0.2) is 9.69 Å². The first-order valence-corrected chi connectivity index (χ1v) is 23.7. The number of alkyl halides is 1. The van der Waals surface area contributed by atoms with E-state index < -0.39 is 24.7 Å². The molecule has 4 atom stereocenters. The number of fused-ring (bicyclic) bond motifs is 5. The lowest BCUT2D eigenvalue weighted by atomic mass is 9.92. The van der Waals surface area contributed by atoms with Gasteiger partial charge in [0, 0.05) is 54.7 Å². The second kappa shape index (κ2) is 20.7. The molecule has 13 nitrogen and oxygen atoms in total. The third kappa shape index (κ3) is 9.77. The number of amides is 3. The van der Waals surface area contributed by atoms with Crippen LogP contribution < -0.4 is 29.7 Å². The minimum Gasteiger partial charge on any atom is -0.493 e. The van der Waals surface area contributed by atoms with Gasteiger partial charge in [-0.05, 0) is 90.8 Å². The van der Waals surface area contributed by atoms with E-state index in [0.29, 0.717) is 68.0 Å². The largest absolute Gasteiger partial charge is 0.493 e. The summed E-state index contributed by atoms with van der Waals surface area (Å²) in [5.74, 6) is 1.56. The normalized spacial score (nSPS) is 20.1. The van der Waals surface area contributed by atoms with Crippen LogP contribution in [0.3, 0.4) is 0 Å². The van der Waals surface area contributed by atoms with Gasteiger partial charge >= 0.3 is 6.09 Å². The topological polar surface area (TPSA) is 142 Å². The minimum absolute atomic E-state index is 0.0338. The number of hydrogen-bond acceptors (Lipinski definition) is 10. The number of rotatable bonds is 15. The van der Waals surface area contributed by atoms with Gasteiger partial charge in [-0.15, -0.1) is 11.6 Å². The average molecular weight is 930 g/mol. The first-order chi connectivity index (χ1) is 32.7. The van der Waals surface area contributed by atoms with Gasteiger partial charge < -0.3 is 44.0 Å². The maximum atomic E-state index is 14.5. The van der Waals surface area contributed by atoms with Crippen LogP contribution in [0.25, 0.3) is 10.8 Å². The highest BCUT2D eigenvalue weighted by Crippen LogP contribution is 2.47. The van der Waals surface area contributed by atoms with Crippen LogP contribution >= 0.6 is 11.6 Å². The fourth-order valence-electron chi connectivity index (χ4n) is 9.86. The van der Waals surface area contributed by atoms with E-state index in [9.17, 15) is 14.4 Å². The second-order valence-corrected chi connectivity index (χ2v) is 17.9. The molecule has 4 heterocycles. The molecule has 0 aromatic heterocycles. The van der Waals surface area contributed by atoms with Crippen LogP contribution in [0.1, 0.15) is 83.5 Å². The summed E-state index contributed by atoms with van der Waals surface area (Å²) in [7, 11) is 1.51. The van der Waals surface area contributed by atoms with Crippen LogP contribution in [0, 0.1) is 0 Å². The van der Waals surface area contributed by atoms with E-state index >= 15 is 0 Å². The number of hydrogen-bond donors (Lipinski definition) is 1. The number of nitrogens with zero attached hydrogens (tertiary/aromatic N) is 3. The van der Waals surface area contributed by atoms with E-state index in [4.69, 9.17) is 45.8 Å². The molecular weight excluding hydrogens is 872 g/mol. The summed E-state index contributed by atoms with van der Waals surface area (Å²) in [6.07, 6.45) is 5.09. The molecule has 350 valence electrons. The van der Waals surface area contributed by atoms with Crippen LogP contribution in [0.15, 0.2) is 104 Å². The number of benzene rings is 5. The molecule has 2 fully saturated rings. The van der Waals surface area contributed by atoms with Crippen molar-refractivity contribution in [2.75, 3.05) is 54.8 Å². The summed E-state index contributed by atoms with van der Waals surface area (Å²) in [6, 6.07) is 28.3. The molecule has 67 heavy (non-hydrogen) atoms. The Hall–Kier alpha value is -6.28. The SMILES string of the molecule is C=CCOC(=O)N1c2cc(OCc3cccc(CC(=O)N4C[C@@H](CCCl)c5c4cc(OCc4ccc(N)cc4)c4ccccc54)c3)c(OC)cc2C(=O)N2CCCC[C@H]2C1OC1CCCCO1. The standard InChI is InChI=1S/C53H57ClN4O9/c1-3-24-64-53(61)58-43-29-47(46(62-2)28-41(43)51(60)56-23-8-6-15-42(56)52(58)67-49-16-7-9-25-63-49)66-33-36-12-10-11-35(26-36)27-48(59)57-31-37(21-22-54)50-40-14-5-4-13-39(40)45(30-44(50)57)65-32-34-17-19-38(55)20-18-34/h3-5,10-14,17-20,26,28-30,37,42,49,52H,1,6-9,15-16,21-25,27,31-33,55H2,2H3/t37-,42+,49?,52?/m1/s1. The molecular formula is C53H57ClN4O9. The first-order valence-electron chi connectivity index (χ1n) is 23.2. The third-order valence-electron chi connectivity index (χ3n) is 13.1. The Morgan fingerprint density at radius 3 is 2.39 bits per heavy atom. The maximum Gasteiger partial charge on any atom is 0.416 e. The van der Waals surface area contributed by atoms with Crippen molar-refractivity contribution in [1.29, 1.82) is 0 Å². The number of halogens is 1. The summed E-state index contributed by atoms with van der Waals surface area (Å²) in [5, 5.41) is 2.03. The van der Waals surface area contributed by atoms with Crippen molar-refractivity contribution in [2.45, 2.75) is 89.1 Å². The summed E-state index contributed by atoms with van der Waals surface area (Å²) >= 11 is 6.37. The number of methoxy groups -OCH3 is 1. The van der Waals surface area contributed by atoms with Gasteiger partial charge in [0.15, 0.2) is 24.0 Å². The van der Waals surface area contributed by atoms with Gasteiger partial charge in [0.05, 0.1) is 36.5 Å². The Kier molecular flexibility index (Phi) is 14.2. The highest BCUT2D eigenvalue weighted by atomic mass is 35.5. The van der Waals surface area contributed by atoms with Crippen molar-refractivity contribution in [3.05, 3.63) is 131 Å². The molecule has 5 aromatic carbocycles. The van der Waals surface area contributed by atoms with E-state index in [1.54, 1.807) is 17.0 Å². The molecule has 2 saturated heterocycles. The van der Waals surface area contributed by atoms with Gasteiger partial charge in [-0.1, -0.05) is 73.3 Å². The summed E-state index contributed by atoms with van der Waals surface area (Å²) in [6.45, 7) is 5.71. The molecule has 3 amide bonds. The van der Waals surface area contributed by atoms with E-state index in [0.717, 1.165) is 70.8 Å². The smallest absolute Gasteiger partial charge is 0.416 e. The van der Waals surface area contributed by atoms with Gasteiger partial charge in [0.25, 0.3) is 5.91 Å². The monoisotopic (exact) mass is 928 g/mol. The summed E-state index contributed by atoms with van der Waals surface area (Å²) in [5.41, 5.74) is 11.7.